The lowest BCUT2D eigenvalue weighted by Crippen LogP contribution is -2.18. The van der Waals surface area contributed by atoms with Crippen LogP contribution in [0.2, 0.25) is 0 Å². The Balaban J connectivity index is 1.61. The maximum atomic E-state index is 13.2. The van der Waals surface area contributed by atoms with Gasteiger partial charge in [0.05, 0.1) is 4.92 Å². The van der Waals surface area contributed by atoms with Gasteiger partial charge in [-0.25, -0.2) is 0 Å². The molecule has 11 heteroatoms. The first-order valence-corrected chi connectivity index (χ1v) is 11.7. The number of halogens is 2. The van der Waals surface area contributed by atoms with Crippen LogP contribution in [0.1, 0.15) is 21.5 Å². The van der Waals surface area contributed by atoms with Crippen LogP contribution in [0.5, 0.6) is 0 Å². The van der Waals surface area contributed by atoms with Crippen LogP contribution < -0.4 is 10.6 Å². The first kappa shape index (κ1) is 23.6. The highest BCUT2D eigenvalue weighted by Crippen LogP contribution is 2.19. The molecule has 0 spiro atoms. The summed E-state index contributed by atoms with van der Waals surface area (Å²) >= 11 is 6.89. The second kappa shape index (κ2) is 10.6. The van der Waals surface area contributed by atoms with Crippen LogP contribution in [0, 0.1) is 10.1 Å². The third-order valence-electron chi connectivity index (χ3n) is 4.78. The van der Waals surface area contributed by atoms with Gasteiger partial charge in [-0.15, -0.1) is 5.10 Å². The average molecular weight is 586 g/mol. The molecule has 4 rings (SSSR count). The predicted octanol–water partition coefficient (Wildman–Crippen LogP) is 5.62. The maximum absolute atomic E-state index is 13.2. The van der Waals surface area contributed by atoms with Crippen molar-refractivity contribution in [3.05, 3.63) is 109 Å². The molecular formula is C23H18Br2N6O3. The number of hydrogen-bond acceptors (Lipinski definition) is 7. The molecular weight excluding hydrogens is 568 g/mol. The molecule has 1 heterocycles. The number of rotatable bonds is 8. The van der Waals surface area contributed by atoms with Crippen LogP contribution in [-0.4, -0.2) is 25.6 Å². The molecule has 0 saturated heterocycles. The second-order valence-corrected chi connectivity index (χ2v) is 9.08. The maximum Gasteiger partial charge on any atom is 0.281 e. The minimum absolute atomic E-state index is 0.128. The number of nitrogens with one attached hydrogen (secondary N) is 2. The van der Waals surface area contributed by atoms with E-state index in [1.54, 1.807) is 0 Å². The van der Waals surface area contributed by atoms with Gasteiger partial charge in [0.1, 0.15) is 0 Å². The van der Waals surface area contributed by atoms with Gasteiger partial charge in [-0.2, -0.15) is 9.67 Å². The first-order chi connectivity index (χ1) is 16.4. The van der Waals surface area contributed by atoms with E-state index in [-0.39, 0.29) is 23.1 Å². The zero-order chi connectivity index (χ0) is 24.1. The number of aromatic nitrogens is 3. The standard InChI is InChI=1S/C23H18Br2N6O3/c24-18-7-1-4-15(10-18)13-26-22-28-23(27-14-16-5-2-8-19(25)11-16)30(29-22)21(32)17-6-3-9-20(12-17)31(33)34/h1-12H,13-14H2,(H2,26,27,28,29). The Bertz CT molecular complexity index is 1360. The Hall–Kier alpha value is -3.57. The highest BCUT2D eigenvalue weighted by atomic mass is 79.9. The smallest absolute Gasteiger partial charge is 0.281 e. The van der Waals surface area contributed by atoms with E-state index >= 15 is 0 Å². The van der Waals surface area contributed by atoms with Crippen LogP contribution in [0.15, 0.2) is 81.7 Å². The summed E-state index contributed by atoms with van der Waals surface area (Å²) in [5.41, 5.74) is 1.92. The fourth-order valence-corrected chi connectivity index (χ4v) is 4.07. The van der Waals surface area contributed by atoms with Crippen LogP contribution in [0.3, 0.4) is 0 Å². The van der Waals surface area contributed by atoms with E-state index in [2.05, 4.69) is 52.6 Å². The summed E-state index contributed by atoms with van der Waals surface area (Å²) in [6.45, 7) is 0.838. The van der Waals surface area contributed by atoms with Crippen LogP contribution in [-0.2, 0) is 13.1 Å². The molecule has 3 aromatic carbocycles. The highest BCUT2D eigenvalue weighted by Gasteiger charge is 2.20. The Labute approximate surface area is 211 Å². The SMILES string of the molecule is O=C(c1cccc([N+](=O)[O-])c1)n1nc(NCc2cccc(Br)c2)nc1NCc1cccc(Br)c1. The molecule has 0 saturated carbocycles. The largest absolute Gasteiger partial charge is 0.350 e. The molecule has 0 aliphatic carbocycles. The van der Waals surface area contributed by atoms with Gasteiger partial charge in [0.15, 0.2) is 0 Å². The third-order valence-corrected chi connectivity index (χ3v) is 5.77. The van der Waals surface area contributed by atoms with Gasteiger partial charge < -0.3 is 10.6 Å². The van der Waals surface area contributed by atoms with Gasteiger partial charge in [-0.3, -0.25) is 14.9 Å². The van der Waals surface area contributed by atoms with Crippen molar-refractivity contribution < 1.29 is 9.72 Å². The summed E-state index contributed by atoms with van der Waals surface area (Å²) in [5, 5.41) is 21.7. The van der Waals surface area contributed by atoms with Crippen LogP contribution >= 0.6 is 31.9 Å². The van der Waals surface area contributed by atoms with Gasteiger partial charge in [-0.05, 0) is 41.5 Å². The second-order valence-electron chi connectivity index (χ2n) is 7.25. The lowest BCUT2D eigenvalue weighted by molar-refractivity contribution is -0.384. The van der Waals surface area contributed by atoms with Gasteiger partial charge in [0.2, 0.25) is 11.9 Å². The zero-order valence-corrected chi connectivity index (χ0v) is 20.8. The molecule has 9 nitrogen and oxygen atoms in total. The van der Waals surface area contributed by atoms with E-state index in [1.165, 1.54) is 24.3 Å². The first-order valence-electron chi connectivity index (χ1n) is 10.1. The van der Waals surface area contributed by atoms with Crippen molar-refractivity contribution in [2.45, 2.75) is 13.1 Å². The fourth-order valence-electron chi connectivity index (χ4n) is 3.17. The summed E-state index contributed by atoms with van der Waals surface area (Å²) in [6, 6.07) is 21.0. The fraction of sp³-hybridized carbons (Fsp3) is 0.0870. The molecule has 0 aliphatic heterocycles. The van der Waals surface area contributed by atoms with Crippen molar-refractivity contribution in [1.29, 1.82) is 0 Å². The Morgan fingerprint density at radius 1 is 0.912 bits per heavy atom. The molecule has 0 atom stereocenters. The Kier molecular flexibility index (Phi) is 7.33. The van der Waals surface area contributed by atoms with E-state index in [0.717, 1.165) is 24.8 Å². The van der Waals surface area contributed by atoms with E-state index in [4.69, 9.17) is 0 Å². The molecule has 34 heavy (non-hydrogen) atoms. The van der Waals surface area contributed by atoms with Crippen molar-refractivity contribution in [3.63, 3.8) is 0 Å². The Morgan fingerprint density at radius 3 is 2.15 bits per heavy atom. The number of carbonyl (C=O) groups is 1. The summed E-state index contributed by atoms with van der Waals surface area (Å²) in [4.78, 5) is 28.2. The van der Waals surface area contributed by atoms with E-state index in [0.29, 0.717) is 13.1 Å². The van der Waals surface area contributed by atoms with Crippen molar-refractivity contribution in [3.8, 4) is 0 Å². The minimum Gasteiger partial charge on any atom is -0.350 e. The van der Waals surface area contributed by atoms with E-state index < -0.39 is 10.8 Å². The quantitative estimate of drug-likeness (QED) is 0.203. The molecule has 4 aromatic rings. The number of nitro benzene ring substituents is 1. The third kappa shape index (κ3) is 5.86. The molecule has 0 unspecified atom stereocenters. The monoisotopic (exact) mass is 584 g/mol. The van der Waals surface area contributed by atoms with Crippen molar-refractivity contribution in [2.75, 3.05) is 10.6 Å². The molecule has 0 bridgehead atoms. The van der Waals surface area contributed by atoms with Crippen LogP contribution in [0.25, 0.3) is 0 Å². The summed E-state index contributed by atoms with van der Waals surface area (Å²) < 4.78 is 2.99. The predicted molar refractivity (Wildman–Crippen MR) is 136 cm³/mol. The molecule has 2 N–H and O–H groups in total. The molecule has 0 aliphatic rings. The number of carbonyl (C=O) groups excluding carboxylic acids is 1. The van der Waals surface area contributed by atoms with Crippen molar-refractivity contribution in [2.24, 2.45) is 0 Å². The van der Waals surface area contributed by atoms with Gasteiger partial charge in [0, 0.05) is 39.7 Å². The number of nitrogens with zero attached hydrogens (tertiary/aromatic N) is 4. The summed E-state index contributed by atoms with van der Waals surface area (Å²) in [7, 11) is 0. The number of anilines is 2. The lowest BCUT2D eigenvalue weighted by atomic mass is 10.2. The Morgan fingerprint density at radius 2 is 1.53 bits per heavy atom. The number of nitro groups is 1. The average Bonchev–Trinajstić information content (AvgIpc) is 3.24. The number of hydrogen-bond donors (Lipinski definition) is 2. The minimum atomic E-state index is -0.546. The van der Waals surface area contributed by atoms with Crippen LogP contribution in [0.4, 0.5) is 17.6 Å². The van der Waals surface area contributed by atoms with Crippen molar-refractivity contribution >= 4 is 55.4 Å². The van der Waals surface area contributed by atoms with E-state index in [9.17, 15) is 14.9 Å². The summed E-state index contributed by atoms with van der Waals surface area (Å²) in [5.74, 6) is -0.0767. The molecule has 1 aromatic heterocycles. The molecule has 0 fully saturated rings. The zero-order valence-electron chi connectivity index (χ0n) is 17.6. The molecule has 0 radical (unpaired) electrons. The number of benzene rings is 3. The van der Waals surface area contributed by atoms with Gasteiger partial charge >= 0.3 is 0 Å². The van der Waals surface area contributed by atoms with Gasteiger partial charge in [0.25, 0.3) is 11.6 Å². The highest BCUT2D eigenvalue weighted by molar-refractivity contribution is 9.10. The lowest BCUT2D eigenvalue weighted by Gasteiger charge is -2.07. The molecule has 172 valence electrons. The van der Waals surface area contributed by atoms with Gasteiger partial charge in [-0.1, -0.05) is 62.2 Å². The number of non-ortho nitro benzene ring substituents is 1. The van der Waals surface area contributed by atoms with Crippen molar-refractivity contribution in [1.82, 2.24) is 14.8 Å². The summed E-state index contributed by atoms with van der Waals surface area (Å²) in [6.07, 6.45) is 0. The van der Waals surface area contributed by atoms with E-state index in [1.807, 2.05) is 48.5 Å². The normalized spacial score (nSPS) is 10.6. The topological polar surface area (TPSA) is 115 Å². The molecule has 0 amide bonds.